The molecule has 1 atom stereocenters. The van der Waals surface area contributed by atoms with Crippen molar-refractivity contribution in [3.63, 3.8) is 0 Å². The lowest BCUT2D eigenvalue weighted by atomic mass is 9.91. The van der Waals surface area contributed by atoms with Crippen molar-refractivity contribution in [1.29, 1.82) is 0 Å². The molecule has 2 heterocycles. The fourth-order valence-corrected chi connectivity index (χ4v) is 4.24. The van der Waals surface area contributed by atoms with Gasteiger partial charge in [0.15, 0.2) is 0 Å². The SMILES string of the molecule is CNCCC1CCN(C2CCCN(c3ccccc3Cl)C2=O)CC1.Cl. The Balaban J connectivity index is 0.00000225. The Morgan fingerprint density at radius 2 is 1.88 bits per heavy atom. The number of benzene rings is 1. The molecular formula is C19H29Cl2N3O. The molecule has 0 aromatic heterocycles. The zero-order valence-corrected chi connectivity index (χ0v) is 16.5. The molecule has 4 nitrogen and oxygen atoms in total. The van der Waals surface area contributed by atoms with Gasteiger partial charge in [0.25, 0.3) is 0 Å². The molecule has 6 heteroatoms. The van der Waals surface area contributed by atoms with Gasteiger partial charge < -0.3 is 10.2 Å². The molecule has 2 fully saturated rings. The van der Waals surface area contributed by atoms with Gasteiger partial charge in [0.1, 0.15) is 0 Å². The van der Waals surface area contributed by atoms with E-state index in [1.807, 2.05) is 36.2 Å². The smallest absolute Gasteiger partial charge is 0.244 e. The number of nitrogens with one attached hydrogen (secondary N) is 1. The molecule has 0 spiro atoms. The molecule has 1 unspecified atom stereocenters. The zero-order valence-electron chi connectivity index (χ0n) is 14.9. The Labute approximate surface area is 162 Å². The zero-order chi connectivity index (χ0) is 16.9. The Morgan fingerprint density at radius 3 is 2.56 bits per heavy atom. The number of carbonyl (C=O) groups is 1. The van der Waals surface area contributed by atoms with Crippen LogP contribution in [0.2, 0.25) is 5.02 Å². The lowest BCUT2D eigenvalue weighted by Crippen LogP contribution is -2.54. The van der Waals surface area contributed by atoms with Gasteiger partial charge in [-0.3, -0.25) is 9.69 Å². The number of rotatable bonds is 5. The monoisotopic (exact) mass is 385 g/mol. The third kappa shape index (κ3) is 4.88. The Morgan fingerprint density at radius 1 is 1.16 bits per heavy atom. The summed E-state index contributed by atoms with van der Waals surface area (Å²) < 4.78 is 0. The maximum atomic E-state index is 13.0. The van der Waals surface area contributed by atoms with Gasteiger partial charge in [0.05, 0.1) is 16.8 Å². The van der Waals surface area contributed by atoms with E-state index in [2.05, 4.69) is 10.2 Å². The minimum Gasteiger partial charge on any atom is -0.320 e. The second kappa shape index (κ2) is 9.77. The third-order valence-corrected chi connectivity index (χ3v) is 5.77. The van der Waals surface area contributed by atoms with Crippen LogP contribution in [-0.2, 0) is 4.79 Å². The molecule has 1 aromatic carbocycles. The van der Waals surface area contributed by atoms with Crippen LogP contribution in [0.5, 0.6) is 0 Å². The summed E-state index contributed by atoms with van der Waals surface area (Å²) in [5.74, 6) is 1.02. The van der Waals surface area contributed by atoms with Crippen LogP contribution in [0.25, 0.3) is 0 Å². The maximum Gasteiger partial charge on any atom is 0.244 e. The van der Waals surface area contributed by atoms with Crippen LogP contribution >= 0.6 is 24.0 Å². The standard InChI is InChI=1S/C19H28ClN3O.ClH/c1-21-11-8-15-9-13-22(14-10-15)18-7-4-12-23(19(18)24)17-6-3-2-5-16(17)20;/h2-3,5-6,15,18,21H,4,7-14H2,1H3;1H. The second-order valence-electron chi connectivity index (χ2n) is 6.97. The van der Waals surface area contributed by atoms with Crippen molar-refractivity contribution < 1.29 is 4.79 Å². The first-order valence-corrected chi connectivity index (χ1v) is 9.53. The van der Waals surface area contributed by atoms with E-state index in [-0.39, 0.29) is 24.4 Å². The third-order valence-electron chi connectivity index (χ3n) is 5.45. The Bertz CT molecular complexity index is 561. The lowest BCUT2D eigenvalue weighted by Gasteiger charge is -2.41. The number of hydrogen-bond donors (Lipinski definition) is 1. The quantitative estimate of drug-likeness (QED) is 0.840. The van der Waals surface area contributed by atoms with E-state index in [9.17, 15) is 4.79 Å². The Kier molecular flexibility index (Phi) is 8.01. The van der Waals surface area contributed by atoms with Crippen molar-refractivity contribution in [3.8, 4) is 0 Å². The van der Waals surface area contributed by atoms with Gasteiger partial charge in [0, 0.05) is 6.54 Å². The molecule has 25 heavy (non-hydrogen) atoms. The first kappa shape index (κ1) is 20.5. The molecule has 1 aromatic rings. The van der Waals surface area contributed by atoms with Crippen molar-refractivity contribution in [3.05, 3.63) is 29.3 Å². The van der Waals surface area contributed by atoms with Crippen molar-refractivity contribution in [2.24, 2.45) is 5.92 Å². The van der Waals surface area contributed by atoms with Crippen LogP contribution in [0.3, 0.4) is 0 Å². The summed E-state index contributed by atoms with van der Waals surface area (Å²) in [4.78, 5) is 17.3. The highest BCUT2D eigenvalue weighted by Crippen LogP contribution is 2.31. The number of piperidine rings is 2. The summed E-state index contributed by atoms with van der Waals surface area (Å²) in [7, 11) is 2.01. The van der Waals surface area contributed by atoms with Crippen LogP contribution < -0.4 is 10.2 Å². The van der Waals surface area contributed by atoms with E-state index in [0.29, 0.717) is 5.02 Å². The molecule has 1 amide bonds. The molecule has 0 radical (unpaired) electrons. The molecule has 1 N–H and O–H groups in total. The molecule has 140 valence electrons. The summed E-state index contributed by atoms with van der Waals surface area (Å²) in [6.07, 6.45) is 5.67. The van der Waals surface area contributed by atoms with E-state index in [4.69, 9.17) is 11.6 Å². The summed E-state index contributed by atoms with van der Waals surface area (Å²) in [5, 5.41) is 3.90. The molecule has 0 bridgehead atoms. The lowest BCUT2D eigenvalue weighted by molar-refractivity contribution is -0.126. The van der Waals surface area contributed by atoms with Crippen LogP contribution in [0.1, 0.15) is 32.1 Å². The van der Waals surface area contributed by atoms with Crippen LogP contribution in [0, 0.1) is 5.92 Å². The van der Waals surface area contributed by atoms with Gasteiger partial charge in [-0.25, -0.2) is 0 Å². The van der Waals surface area contributed by atoms with E-state index < -0.39 is 0 Å². The number of likely N-dealkylation sites (tertiary alicyclic amines) is 1. The maximum absolute atomic E-state index is 13.0. The number of hydrogen-bond acceptors (Lipinski definition) is 3. The number of anilines is 1. The highest BCUT2D eigenvalue weighted by molar-refractivity contribution is 6.33. The van der Waals surface area contributed by atoms with Gasteiger partial charge in [-0.05, 0) is 76.8 Å². The van der Waals surface area contributed by atoms with Crippen LogP contribution in [0.4, 0.5) is 5.69 Å². The Hall–Kier alpha value is -0.810. The normalized spacial score (nSPS) is 22.7. The fourth-order valence-electron chi connectivity index (χ4n) is 4.01. The molecule has 2 aliphatic rings. The first-order valence-electron chi connectivity index (χ1n) is 9.15. The molecular weight excluding hydrogens is 357 g/mol. The van der Waals surface area contributed by atoms with Gasteiger partial charge >= 0.3 is 0 Å². The van der Waals surface area contributed by atoms with E-state index in [1.165, 1.54) is 19.3 Å². The number of amides is 1. The van der Waals surface area contributed by atoms with E-state index in [1.54, 1.807) is 0 Å². The van der Waals surface area contributed by atoms with Crippen molar-refractivity contribution in [1.82, 2.24) is 10.2 Å². The summed E-state index contributed by atoms with van der Waals surface area (Å²) in [6, 6.07) is 7.70. The van der Waals surface area contributed by atoms with Crippen LogP contribution in [0.15, 0.2) is 24.3 Å². The largest absolute Gasteiger partial charge is 0.320 e. The molecule has 3 rings (SSSR count). The molecule has 2 saturated heterocycles. The van der Waals surface area contributed by atoms with Crippen molar-refractivity contribution in [2.75, 3.05) is 38.1 Å². The molecule has 0 aliphatic carbocycles. The van der Waals surface area contributed by atoms with Crippen molar-refractivity contribution in [2.45, 2.75) is 38.1 Å². The first-order chi connectivity index (χ1) is 11.7. The van der Waals surface area contributed by atoms with Gasteiger partial charge in [-0.2, -0.15) is 0 Å². The van der Waals surface area contributed by atoms with Crippen molar-refractivity contribution >= 4 is 35.6 Å². The predicted octanol–water partition coefficient (Wildman–Crippen LogP) is 3.58. The van der Waals surface area contributed by atoms with E-state index in [0.717, 1.165) is 50.6 Å². The number of halogens is 2. The van der Waals surface area contributed by atoms with E-state index >= 15 is 0 Å². The summed E-state index contributed by atoms with van der Waals surface area (Å²) in [5.41, 5.74) is 0.859. The second-order valence-corrected chi connectivity index (χ2v) is 7.38. The topological polar surface area (TPSA) is 35.6 Å². The average Bonchev–Trinajstić information content (AvgIpc) is 2.61. The van der Waals surface area contributed by atoms with Crippen LogP contribution in [-0.4, -0.2) is 50.1 Å². The number of carbonyl (C=O) groups excluding carboxylic acids is 1. The highest BCUT2D eigenvalue weighted by atomic mass is 35.5. The minimum atomic E-state index is 0. The van der Waals surface area contributed by atoms with Gasteiger partial charge in [-0.1, -0.05) is 23.7 Å². The van der Waals surface area contributed by atoms with Gasteiger partial charge in [0.2, 0.25) is 5.91 Å². The average molecular weight is 386 g/mol. The molecule has 2 aliphatic heterocycles. The predicted molar refractivity (Wildman–Crippen MR) is 107 cm³/mol. The fraction of sp³-hybridized carbons (Fsp3) is 0.632. The highest BCUT2D eigenvalue weighted by Gasteiger charge is 2.36. The summed E-state index contributed by atoms with van der Waals surface area (Å²) in [6.45, 7) is 3.95. The minimum absolute atomic E-state index is 0. The van der Waals surface area contributed by atoms with Gasteiger partial charge in [-0.15, -0.1) is 12.4 Å². The number of para-hydroxylation sites is 1. The summed E-state index contributed by atoms with van der Waals surface area (Å²) >= 11 is 6.31. The number of nitrogens with zero attached hydrogens (tertiary/aromatic N) is 2. The molecule has 0 saturated carbocycles.